The summed E-state index contributed by atoms with van der Waals surface area (Å²) in [5.74, 6) is 0.415. The molecular formula is C10H18ClNO. The van der Waals surface area contributed by atoms with E-state index in [-0.39, 0.29) is 11.3 Å². The van der Waals surface area contributed by atoms with Crippen molar-refractivity contribution in [3.63, 3.8) is 0 Å². The molecule has 13 heavy (non-hydrogen) atoms. The number of nitrogens with one attached hydrogen (secondary N) is 1. The van der Waals surface area contributed by atoms with Crippen LogP contribution in [0.2, 0.25) is 0 Å². The Labute approximate surface area is 85.0 Å². The molecule has 1 atom stereocenters. The van der Waals surface area contributed by atoms with Crippen LogP contribution < -0.4 is 5.32 Å². The molecule has 1 aliphatic carbocycles. The highest BCUT2D eigenvalue weighted by Crippen LogP contribution is 2.29. The molecule has 0 aromatic carbocycles. The third-order valence-electron chi connectivity index (χ3n) is 2.67. The predicted molar refractivity (Wildman–Crippen MR) is 54.9 cm³/mol. The molecule has 0 aromatic heterocycles. The molecule has 1 rings (SSSR count). The fourth-order valence-electron chi connectivity index (χ4n) is 1.91. The normalized spacial score (nSPS) is 21.1. The van der Waals surface area contributed by atoms with Crippen LogP contribution in [0.15, 0.2) is 0 Å². The van der Waals surface area contributed by atoms with E-state index in [0.717, 1.165) is 12.8 Å². The summed E-state index contributed by atoms with van der Waals surface area (Å²) < 4.78 is 0. The summed E-state index contributed by atoms with van der Waals surface area (Å²) in [5.41, 5.74) is 0. The van der Waals surface area contributed by atoms with Crippen molar-refractivity contribution in [3.8, 4) is 0 Å². The first-order valence-electron chi connectivity index (χ1n) is 5.17. The van der Waals surface area contributed by atoms with Gasteiger partial charge in [-0.3, -0.25) is 4.79 Å². The summed E-state index contributed by atoms with van der Waals surface area (Å²) in [5, 5.41) is 2.47. The minimum atomic E-state index is -0.305. The maximum atomic E-state index is 11.4. The first kappa shape index (κ1) is 10.8. The number of carbonyl (C=O) groups excluding carboxylic acids is 1. The second-order valence-corrected chi connectivity index (χ2v) is 4.16. The van der Waals surface area contributed by atoms with Gasteiger partial charge >= 0.3 is 0 Å². The number of halogens is 1. The van der Waals surface area contributed by atoms with Gasteiger partial charge in [-0.2, -0.15) is 0 Å². The van der Waals surface area contributed by atoms with Crippen molar-refractivity contribution in [2.24, 2.45) is 5.92 Å². The monoisotopic (exact) mass is 203 g/mol. The van der Waals surface area contributed by atoms with Crippen molar-refractivity contribution in [1.29, 1.82) is 0 Å². The van der Waals surface area contributed by atoms with E-state index >= 15 is 0 Å². The van der Waals surface area contributed by atoms with Crippen LogP contribution in [0.1, 0.15) is 39.0 Å². The van der Waals surface area contributed by atoms with Gasteiger partial charge in [-0.05, 0) is 25.7 Å². The highest BCUT2D eigenvalue weighted by atomic mass is 35.5. The molecule has 3 heteroatoms. The van der Waals surface area contributed by atoms with E-state index < -0.39 is 0 Å². The average Bonchev–Trinajstić information content (AvgIpc) is 2.18. The van der Waals surface area contributed by atoms with Crippen molar-refractivity contribution < 1.29 is 4.79 Å². The molecule has 1 amide bonds. The second-order valence-electron chi connectivity index (χ2n) is 3.69. The van der Waals surface area contributed by atoms with Crippen molar-refractivity contribution >= 4 is 17.5 Å². The van der Waals surface area contributed by atoms with Crippen molar-refractivity contribution in [3.05, 3.63) is 0 Å². The van der Waals surface area contributed by atoms with E-state index in [1.165, 1.54) is 19.3 Å². The smallest absolute Gasteiger partial charge is 0.238 e. The third kappa shape index (κ3) is 3.18. The van der Waals surface area contributed by atoms with Gasteiger partial charge in [0, 0.05) is 6.54 Å². The third-order valence-corrected chi connectivity index (χ3v) is 3.22. The fraction of sp³-hybridized carbons (Fsp3) is 0.900. The molecule has 0 aromatic rings. The van der Waals surface area contributed by atoms with Crippen LogP contribution in [-0.2, 0) is 4.79 Å². The Morgan fingerprint density at radius 2 is 2.08 bits per heavy atom. The lowest BCUT2D eigenvalue weighted by Crippen LogP contribution is -2.36. The summed E-state index contributed by atoms with van der Waals surface area (Å²) in [6.45, 7) is 2.59. The zero-order valence-electron chi connectivity index (χ0n) is 8.18. The van der Waals surface area contributed by atoms with Crippen LogP contribution in [-0.4, -0.2) is 17.8 Å². The zero-order valence-corrected chi connectivity index (χ0v) is 8.94. The largest absolute Gasteiger partial charge is 0.355 e. The van der Waals surface area contributed by atoms with Gasteiger partial charge in [0.15, 0.2) is 0 Å². The number of carbonyl (C=O) groups is 1. The summed E-state index contributed by atoms with van der Waals surface area (Å²) in [4.78, 5) is 11.4. The fourth-order valence-corrected chi connectivity index (χ4v) is 2.24. The maximum absolute atomic E-state index is 11.4. The minimum Gasteiger partial charge on any atom is -0.355 e. The quantitative estimate of drug-likeness (QED) is 0.701. The Balaban J connectivity index is 2.35. The van der Waals surface area contributed by atoms with Crippen LogP contribution in [0.5, 0.6) is 0 Å². The van der Waals surface area contributed by atoms with Crippen molar-refractivity contribution in [1.82, 2.24) is 5.32 Å². The van der Waals surface area contributed by atoms with Gasteiger partial charge in [0.1, 0.15) is 5.38 Å². The van der Waals surface area contributed by atoms with E-state index in [2.05, 4.69) is 5.32 Å². The molecule has 76 valence electrons. The molecule has 1 aliphatic rings. The number of alkyl halides is 1. The lowest BCUT2D eigenvalue weighted by Gasteiger charge is -2.25. The Morgan fingerprint density at radius 1 is 1.46 bits per heavy atom. The Hall–Kier alpha value is -0.240. The van der Waals surface area contributed by atoms with Gasteiger partial charge in [0.25, 0.3) is 0 Å². The second kappa shape index (κ2) is 5.48. The van der Waals surface area contributed by atoms with E-state index in [9.17, 15) is 4.79 Å². The summed E-state index contributed by atoms with van der Waals surface area (Å²) in [6, 6.07) is 0. The molecule has 0 heterocycles. The number of hydrogen-bond donors (Lipinski definition) is 1. The lowest BCUT2D eigenvalue weighted by molar-refractivity contribution is -0.121. The van der Waals surface area contributed by atoms with Crippen molar-refractivity contribution in [2.75, 3.05) is 6.54 Å². The molecule has 1 unspecified atom stereocenters. The van der Waals surface area contributed by atoms with Crippen LogP contribution in [0.4, 0.5) is 0 Å². The van der Waals surface area contributed by atoms with E-state index in [1.54, 1.807) is 0 Å². The Kier molecular flexibility index (Phi) is 4.57. The number of rotatable bonds is 3. The van der Waals surface area contributed by atoms with Crippen LogP contribution in [0.3, 0.4) is 0 Å². The summed E-state index contributed by atoms with van der Waals surface area (Å²) >= 11 is 6.08. The molecule has 1 fully saturated rings. The molecule has 2 nitrogen and oxygen atoms in total. The van der Waals surface area contributed by atoms with Gasteiger partial charge < -0.3 is 5.32 Å². The van der Waals surface area contributed by atoms with Crippen molar-refractivity contribution in [2.45, 2.75) is 44.4 Å². The van der Waals surface area contributed by atoms with E-state index in [1.807, 2.05) is 6.92 Å². The zero-order chi connectivity index (χ0) is 9.68. The van der Waals surface area contributed by atoms with E-state index in [0.29, 0.717) is 12.5 Å². The van der Waals surface area contributed by atoms with Gasteiger partial charge in [0.05, 0.1) is 0 Å². The predicted octanol–water partition coefficient (Wildman–Crippen LogP) is 2.31. The number of amides is 1. The molecule has 1 N–H and O–H groups in total. The SMILES string of the molecule is CCNC(=O)C(Cl)C1CCCCC1. The molecular weight excluding hydrogens is 186 g/mol. The molecule has 0 bridgehead atoms. The molecule has 0 saturated heterocycles. The summed E-state index contributed by atoms with van der Waals surface area (Å²) in [7, 11) is 0. The van der Waals surface area contributed by atoms with Gasteiger partial charge in [-0.25, -0.2) is 0 Å². The standard InChI is InChI=1S/C10H18ClNO/c1-2-12-10(13)9(11)8-6-4-3-5-7-8/h8-9H,2-7H2,1H3,(H,12,13). The minimum absolute atomic E-state index is 0.0102. The van der Waals surface area contributed by atoms with Gasteiger partial charge in [-0.15, -0.1) is 11.6 Å². The van der Waals surface area contributed by atoms with E-state index in [4.69, 9.17) is 11.6 Å². The van der Waals surface area contributed by atoms with Crippen LogP contribution >= 0.6 is 11.6 Å². The topological polar surface area (TPSA) is 29.1 Å². The highest BCUT2D eigenvalue weighted by molar-refractivity contribution is 6.30. The Bertz CT molecular complexity index is 166. The van der Waals surface area contributed by atoms with Gasteiger partial charge in [0.2, 0.25) is 5.91 Å². The average molecular weight is 204 g/mol. The Morgan fingerprint density at radius 3 is 2.62 bits per heavy atom. The van der Waals surface area contributed by atoms with Gasteiger partial charge in [-0.1, -0.05) is 19.3 Å². The first-order chi connectivity index (χ1) is 6.25. The maximum Gasteiger partial charge on any atom is 0.238 e. The molecule has 0 aliphatic heterocycles. The molecule has 0 spiro atoms. The highest BCUT2D eigenvalue weighted by Gasteiger charge is 2.26. The van der Waals surface area contributed by atoms with Crippen LogP contribution in [0, 0.1) is 5.92 Å². The molecule has 0 radical (unpaired) electrons. The first-order valence-corrected chi connectivity index (χ1v) is 5.61. The van der Waals surface area contributed by atoms with Crippen LogP contribution in [0.25, 0.3) is 0 Å². The molecule has 1 saturated carbocycles. The lowest BCUT2D eigenvalue weighted by atomic mass is 9.86. The summed E-state index contributed by atoms with van der Waals surface area (Å²) in [6.07, 6.45) is 5.99. The number of hydrogen-bond acceptors (Lipinski definition) is 1.